The van der Waals surface area contributed by atoms with Crippen molar-refractivity contribution in [2.75, 3.05) is 25.0 Å². The van der Waals surface area contributed by atoms with Crippen molar-refractivity contribution in [3.63, 3.8) is 0 Å². The van der Waals surface area contributed by atoms with Gasteiger partial charge in [-0.1, -0.05) is 28.9 Å². The summed E-state index contributed by atoms with van der Waals surface area (Å²) in [6.45, 7) is 5.31. The van der Waals surface area contributed by atoms with Gasteiger partial charge in [0, 0.05) is 42.5 Å². The summed E-state index contributed by atoms with van der Waals surface area (Å²) in [5, 5.41) is 26.8. The number of benzene rings is 2. The van der Waals surface area contributed by atoms with Crippen LogP contribution in [0.25, 0.3) is 5.69 Å². The number of hydrogen-bond donors (Lipinski definition) is 3. The van der Waals surface area contributed by atoms with Crippen LogP contribution in [0.15, 0.2) is 48.7 Å². The molecule has 5 rings (SSSR count). The summed E-state index contributed by atoms with van der Waals surface area (Å²) in [5.41, 5.74) is 2.86. The minimum absolute atomic E-state index is 0.0317. The lowest BCUT2D eigenvalue weighted by molar-refractivity contribution is -0.0697. The van der Waals surface area contributed by atoms with Crippen LogP contribution in [-0.4, -0.2) is 85.7 Å². The number of ether oxygens (including phenoxy) is 1. The van der Waals surface area contributed by atoms with E-state index in [9.17, 15) is 15.0 Å². The lowest BCUT2D eigenvalue weighted by atomic mass is 9.66. The van der Waals surface area contributed by atoms with Crippen molar-refractivity contribution >= 4 is 40.6 Å². The lowest BCUT2D eigenvalue weighted by Gasteiger charge is -2.39. The van der Waals surface area contributed by atoms with E-state index in [0.717, 1.165) is 30.6 Å². The largest absolute Gasteiger partial charge is 0.491 e. The molecule has 1 aliphatic heterocycles. The average Bonchev–Trinajstić information content (AvgIpc) is 3.32. The van der Waals surface area contributed by atoms with E-state index in [1.807, 2.05) is 24.3 Å². The first-order chi connectivity index (χ1) is 18.9. The van der Waals surface area contributed by atoms with E-state index < -0.39 is 10.8 Å². The van der Waals surface area contributed by atoms with Crippen LogP contribution in [0, 0.1) is 12.8 Å². The van der Waals surface area contributed by atoms with Gasteiger partial charge >= 0.3 is 0 Å². The molecule has 2 aliphatic rings. The first-order valence-corrected chi connectivity index (χ1v) is 13.6. The van der Waals surface area contributed by atoms with Crippen molar-refractivity contribution in [2.45, 2.75) is 56.6 Å². The zero-order valence-corrected chi connectivity index (χ0v) is 23.0. The van der Waals surface area contributed by atoms with E-state index in [0.29, 0.717) is 47.7 Å². The summed E-state index contributed by atoms with van der Waals surface area (Å²) >= 11 is 0. The second-order valence-electron chi connectivity index (χ2n) is 11.5. The molecule has 11 heteroatoms. The van der Waals surface area contributed by atoms with Gasteiger partial charge in [-0.15, -0.1) is 0 Å². The molecule has 8 nitrogen and oxygen atoms in total. The molecule has 3 atom stereocenters. The predicted octanol–water partition coefficient (Wildman–Crippen LogP) is 1.79. The number of carbonyl (C=O) groups is 1. The maximum atomic E-state index is 13.2. The molecule has 2 heterocycles. The van der Waals surface area contributed by atoms with Gasteiger partial charge in [-0.3, -0.25) is 9.69 Å². The van der Waals surface area contributed by atoms with Gasteiger partial charge in [-0.05, 0) is 57.9 Å². The molecule has 202 valence electrons. The Morgan fingerprint density at radius 2 is 1.98 bits per heavy atom. The first-order valence-electron chi connectivity index (χ1n) is 13.6. The maximum Gasteiger partial charge on any atom is 0.259 e. The number of hydrogen-bond acceptors (Lipinski definition) is 6. The summed E-state index contributed by atoms with van der Waals surface area (Å²) in [7, 11) is 17.9. The molecule has 6 radical (unpaired) electrons. The number of piperidine rings is 1. The summed E-state index contributed by atoms with van der Waals surface area (Å²) in [5.74, 6) is 0.281. The van der Waals surface area contributed by atoms with Crippen LogP contribution < -0.4 is 15.5 Å². The quantitative estimate of drug-likeness (QED) is 0.363. The predicted molar refractivity (Wildman–Crippen MR) is 157 cm³/mol. The summed E-state index contributed by atoms with van der Waals surface area (Å²) in [6, 6.07) is 12.8. The SMILES string of the molecule is [B]c1ccc(-n2cc(C(=O)Nc3ccc(CN4CCCC(C(C)(O)CO)C4)c(OC4CC4([B])[B])c3)c(C)n2)cc1. The zero-order chi connectivity index (χ0) is 28.7. The van der Waals surface area contributed by atoms with Crippen LogP contribution in [-0.2, 0) is 6.54 Å². The molecule has 1 aliphatic carbocycles. The molecule has 2 fully saturated rings. The second-order valence-corrected chi connectivity index (χ2v) is 11.5. The Labute approximate surface area is 239 Å². The molecule has 0 bridgehead atoms. The fraction of sp³-hybridized carbons (Fsp3) is 0.448. The van der Waals surface area contributed by atoms with Crippen molar-refractivity contribution in [1.29, 1.82) is 0 Å². The van der Waals surface area contributed by atoms with Gasteiger partial charge in [0.15, 0.2) is 0 Å². The third-order valence-corrected chi connectivity index (χ3v) is 7.97. The molecule has 3 N–H and O–H groups in total. The maximum absolute atomic E-state index is 13.2. The van der Waals surface area contributed by atoms with Crippen LogP contribution in [0.5, 0.6) is 5.75 Å². The minimum atomic E-state index is -1.13. The molecule has 1 aromatic heterocycles. The highest BCUT2D eigenvalue weighted by molar-refractivity contribution is 6.43. The number of anilines is 1. The molecule has 3 aromatic rings. The molecule has 2 aromatic carbocycles. The Morgan fingerprint density at radius 3 is 2.65 bits per heavy atom. The van der Waals surface area contributed by atoms with E-state index in [-0.39, 0.29) is 24.5 Å². The Bertz CT molecular complexity index is 1380. The number of likely N-dealkylation sites (tertiary alicyclic amines) is 1. The molecular formula is C29H33B3N4O4. The number of aromatic nitrogens is 2. The highest BCUT2D eigenvalue weighted by atomic mass is 16.5. The molecule has 0 spiro atoms. The molecule has 40 heavy (non-hydrogen) atoms. The Hall–Kier alpha value is -3.01. The van der Waals surface area contributed by atoms with Crippen LogP contribution in [0.2, 0.25) is 5.21 Å². The number of carbonyl (C=O) groups excluding carboxylic acids is 1. The van der Waals surface area contributed by atoms with E-state index in [1.165, 1.54) is 0 Å². The zero-order valence-electron chi connectivity index (χ0n) is 23.0. The van der Waals surface area contributed by atoms with Crippen molar-refractivity contribution in [2.24, 2.45) is 5.92 Å². The average molecular weight is 534 g/mol. The van der Waals surface area contributed by atoms with Crippen molar-refractivity contribution in [3.05, 3.63) is 65.5 Å². The summed E-state index contributed by atoms with van der Waals surface area (Å²) < 4.78 is 7.86. The Morgan fingerprint density at radius 1 is 1.25 bits per heavy atom. The normalized spacial score (nSPS) is 21.9. The number of aryl methyl sites for hydroxylation is 1. The lowest BCUT2D eigenvalue weighted by Crippen LogP contribution is -2.47. The monoisotopic (exact) mass is 534 g/mol. The summed E-state index contributed by atoms with van der Waals surface area (Å²) in [4.78, 5) is 15.5. The van der Waals surface area contributed by atoms with E-state index in [4.69, 9.17) is 28.3 Å². The molecule has 1 amide bonds. The topological polar surface area (TPSA) is 99.9 Å². The third-order valence-electron chi connectivity index (χ3n) is 7.97. The third kappa shape index (κ3) is 6.32. The van der Waals surface area contributed by atoms with Gasteiger partial charge in [-0.25, -0.2) is 4.68 Å². The number of amides is 1. The van der Waals surface area contributed by atoms with Crippen molar-refractivity contribution in [1.82, 2.24) is 14.7 Å². The Kier molecular flexibility index (Phi) is 7.92. The highest BCUT2D eigenvalue weighted by Crippen LogP contribution is 2.50. The van der Waals surface area contributed by atoms with Gasteiger partial charge in [-0.2, -0.15) is 5.10 Å². The number of nitrogens with one attached hydrogen (secondary N) is 1. The van der Waals surface area contributed by atoms with Gasteiger partial charge in [0.2, 0.25) is 0 Å². The summed E-state index contributed by atoms with van der Waals surface area (Å²) in [6.07, 6.45) is 3.69. The van der Waals surface area contributed by atoms with Gasteiger partial charge in [0.1, 0.15) is 13.6 Å². The van der Waals surface area contributed by atoms with Crippen LogP contribution in [0.4, 0.5) is 5.69 Å². The highest BCUT2D eigenvalue weighted by Gasteiger charge is 2.47. The first kappa shape index (κ1) is 28.5. The van der Waals surface area contributed by atoms with Gasteiger partial charge in [0.05, 0.1) is 50.9 Å². The number of nitrogens with zero attached hydrogens (tertiary/aromatic N) is 3. The fourth-order valence-corrected chi connectivity index (χ4v) is 5.16. The van der Waals surface area contributed by atoms with Crippen LogP contribution >= 0.6 is 0 Å². The number of aliphatic hydroxyl groups is 2. The minimum Gasteiger partial charge on any atom is -0.491 e. The molecule has 3 unspecified atom stereocenters. The molecule has 1 saturated heterocycles. The van der Waals surface area contributed by atoms with Crippen molar-refractivity contribution in [3.8, 4) is 11.4 Å². The van der Waals surface area contributed by atoms with Crippen molar-refractivity contribution < 1.29 is 19.7 Å². The smallest absolute Gasteiger partial charge is 0.259 e. The molecule has 1 saturated carbocycles. The second kappa shape index (κ2) is 11.1. The van der Waals surface area contributed by atoms with E-state index >= 15 is 0 Å². The number of aliphatic hydroxyl groups excluding tert-OH is 1. The van der Waals surface area contributed by atoms with Gasteiger partial charge in [0.25, 0.3) is 5.91 Å². The fourth-order valence-electron chi connectivity index (χ4n) is 5.16. The standard InChI is InChI=1S/C29H33B3N4O4/c1-18-24(16-36(34-18)23-9-6-21(30)7-10-23)27(38)33-22-8-5-19(25(12-22)40-26-13-29(26,31)32)14-35-11-3-4-20(15-35)28(2,39)17-37/h5-10,12,16,20,26,37,39H,3-4,11,13-15,17H2,1-2H3,(H,33,38). The van der Waals surface area contributed by atoms with Gasteiger partial charge < -0.3 is 20.3 Å². The van der Waals surface area contributed by atoms with E-state index in [2.05, 4.69) is 15.3 Å². The number of rotatable bonds is 9. The van der Waals surface area contributed by atoms with Crippen LogP contribution in [0.3, 0.4) is 0 Å². The molecular weight excluding hydrogens is 501 g/mol. The Balaban J connectivity index is 1.33. The van der Waals surface area contributed by atoms with E-state index in [1.54, 1.807) is 42.9 Å². The van der Waals surface area contributed by atoms with Crippen LogP contribution in [0.1, 0.15) is 47.8 Å².